The standard InChI is InChI=1S/C22H23F2N3O2/c1-12(18-10-27-20-5-2-13(23)8-16(18)20)6-7-26-14-9-17-15(22(25)28)3-4-19(24)21(17)29-11-14/h2-5,8,10,12,14,26-27H,6-7,9,11H2,1H3,(H2,25,28)/t12-,14-/m0/s1. The number of rotatable bonds is 6. The molecule has 152 valence electrons. The number of halogens is 2. The van der Waals surface area contributed by atoms with Gasteiger partial charge in [0.2, 0.25) is 5.91 Å². The Balaban J connectivity index is 1.40. The number of primary amides is 1. The van der Waals surface area contributed by atoms with Gasteiger partial charge in [0.05, 0.1) is 0 Å². The molecule has 7 heteroatoms. The van der Waals surface area contributed by atoms with Crippen LogP contribution in [0.4, 0.5) is 8.78 Å². The predicted molar refractivity (Wildman–Crippen MR) is 107 cm³/mol. The van der Waals surface area contributed by atoms with Crippen molar-refractivity contribution in [3.63, 3.8) is 0 Å². The fraction of sp³-hybridized carbons (Fsp3) is 0.318. The highest BCUT2D eigenvalue weighted by Gasteiger charge is 2.26. The van der Waals surface area contributed by atoms with Gasteiger partial charge in [-0.1, -0.05) is 6.92 Å². The van der Waals surface area contributed by atoms with Crippen molar-refractivity contribution in [1.29, 1.82) is 0 Å². The van der Waals surface area contributed by atoms with E-state index in [-0.39, 0.29) is 23.5 Å². The van der Waals surface area contributed by atoms with Crippen LogP contribution in [0.2, 0.25) is 0 Å². The van der Waals surface area contributed by atoms with E-state index in [4.69, 9.17) is 10.5 Å². The number of carbonyl (C=O) groups is 1. The van der Waals surface area contributed by atoms with Crippen molar-refractivity contribution in [2.75, 3.05) is 13.2 Å². The molecule has 0 saturated carbocycles. The number of carbonyl (C=O) groups excluding carboxylic acids is 1. The van der Waals surface area contributed by atoms with Crippen LogP contribution in [0.1, 0.15) is 40.7 Å². The van der Waals surface area contributed by atoms with Gasteiger partial charge < -0.3 is 20.8 Å². The van der Waals surface area contributed by atoms with Gasteiger partial charge in [0.15, 0.2) is 11.6 Å². The normalized spacial score (nSPS) is 17.0. The van der Waals surface area contributed by atoms with Crippen molar-refractivity contribution in [3.05, 3.63) is 64.9 Å². The smallest absolute Gasteiger partial charge is 0.249 e. The first-order valence-corrected chi connectivity index (χ1v) is 9.68. The summed E-state index contributed by atoms with van der Waals surface area (Å²) in [5.74, 6) is -0.990. The number of hydrogen-bond donors (Lipinski definition) is 3. The lowest BCUT2D eigenvalue weighted by molar-refractivity contribution is 0.0997. The fourth-order valence-electron chi connectivity index (χ4n) is 3.99. The Morgan fingerprint density at radius 1 is 1.34 bits per heavy atom. The monoisotopic (exact) mass is 399 g/mol. The van der Waals surface area contributed by atoms with E-state index < -0.39 is 11.7 Å². The summed E-state index contributed by atoms with van der Waals surface area (Å²) in [4.78, 5) is 14.8. The van der Waals surface area contributed by atoms with Crippen LogP contribution in [-0.4, -0.2) is 30.1 Å². The molecule has 0 unspecified atom stereocenters. The van der Waals surface area contributed by atoms with E-state index in [1.165, 1.54) is 18.2 Å². The van der Waals surface area contributed by atoms with Crippen molar-refractivity contribution in [2.24, 2.45) is 5.73 Å². The van der Waals surface area contributed by atoms with E-state index in [0.717, 1.165) is 22.9 Å². The third-order valence-electron chi connectivity index (χ3n) is 5.57. The number of nitrogens with two attached hydrogens (primary N) is 1. The zero-order chi connectivity index (χ0) is 20.5. The molecular formula is C22H23F2N3O2. The van der Waals surface area contributed by atoms with Gasteiger partial charge in [-0.05, 0) is 61.2 Å². The molecule has 1 aliphatic heterocycles. The molecule has 2 heterocycles. The maximum atomic E-state index is 14.0. The number of aromatic amines is 1. The van der Waals surface area contributed by atoms with Crippen molar-refractivity contribution in [2.45, 2.75) is 31.7 Å². The summed E-state index contributed by atoms with van der Waals surface area (Å²) in [5.41, 5.74) is 8.22. The SMILES string of the molecule is C[C@@H](CCN[C@@H]1COc2c(F)ccc(C(N)=O)c2C1)c1c[nH]c2ccc(F)cc12. The summed E-state index contributed by atoms with van der Waals surface area (Å²) in [6.07, 6.45) is 3.23. The second-order valence-corrected chi connectivity index (χ2v) is 7.56. The number of H-pyrrole nitrogens is 1. The van der Waals surface area contributed by atoms with Gasteiger partial charge in [-0.2, -0.15) is 0 Å². The summed E-state index contributed by atoms with van der Waals surface area (Å²) in [6, 6.07) is 7.30. The quantitative estimate of drug-likeness (QED) is 0.592. The molecule has 5 nitrogen and oxygen atoms in total. The van der Waals surface area contributed by atoms with Gasteiger partial charge >= 0.3 is 0 Å². The number of fused-ring (bicyclic) bond motifs is 2. The molecule has 2 atom stereocenters. The maximum Gasteiger partial charge on any atom is 0.249 e. The molecule has 0 radical (unpaired) electrons. The molecular weight excluding hydrogens is 376 g/mol. The van der Waals surface area contributed by atoms with Crippen LogP contribution < -0.4 is 15.8 Å². The number of aromatic nitrogens is 1. The highest BCUT2D eigenvalue weighted by atomic mass is 19.1. The third kappa shape index (κ3) is 3.82. The average Bonchev–Trinajstić information content (AvgIpc) is 3.11. The Bertz CT molecular complexity index is 1060. The summed E-state index contributed by atoms with van der Waals surface area (Å²) in [7, 11) is 0. The average molecular weight is 399 g/mol. The molecule has 2 aromatic carbocycles. The third-order valence-corrected chi connectivity index (χ3v) is 5.57. The van der Waals surface area contributed by atoms with Crippen LogP contribution in [-0.2, 0) is 6.42 Å². The van der Waals surface area contributed by atoms with Crippen LogP contribution in [0.3, 0.4) is 0 Å². The van der Waals surface area contributed by atoms with Crippen LogP contribution >= 0.6 is 0 Å². The zero-order valence-electron chi connectivity index (χ0n) is 16.1. The van der Waals surface area contributed by atoms with Gasteiger partial charge in [-0.3, -0.25) is 4.79 Å². The Kier molecular flexibility index (Phi) is 5.24. The summed E-state index contributed by atoms with van der Waals surface area (Å²) < 4.78 is 33.1. The molecule has 29 heavy (non-hydrogen) atoms. The Morgan fingerprint density at radius 2 is 2.17 bits per heavy atom. The molecule has 0 aliphatic carbocycles. The Hall–Kier alpha value is -2.93. The van der Waals surface area contributed by atoms with Crippen molar-refractivity contribution >= 4 is 16.8 Å². The lowest BCUT2D eigenvalue weighted by Gasteiger charge is -2.28. The minimum atomic E-state index is -0.592. The maximum absolute atomic E-state index is 14.0. The molecule has 4 N–H and O–H groups in total. The largest absolute Gasteiger partial charge is 0.489 e. The number of amides is 1. The van der Waals surface area contributed by atoms with Crippen LogP contribution in [0.25, 0.3) is 10.9 Å². The van der Waals surface area contributed by atoms with Gasteiger partial charge in [0.1, 0.15) is 12.4 Å². The first-order chi connectivity index (χ1) is 13.9. The lowest BCUT2D eigenvalue weighted by Crippen LogP contribution is -2.41. The summed E-state index contributed by atoms with van der Waals surface area (Å²) in [5, 5.41) is 4.31. The van der Waals surface area contributed by atoms with Crippen molar-refractivity contribution < 1.29 is 18.3 Å². The van der Waals surface area contributed by atoms with Crippen molar-refractivity contribution in [3.8, 4) is 5.75 Å². The minimum absolute atomic E-state index is 0.0463. The first kappa shape index (κ1) is 19.4. The second kappa shape index (κ2) is 7.83. The second-order valence-electron chi connectivity index (χ2n) is 7.56. The van der Waals surface area contributed by atoms with E-state index in [1.807, 2.05) is 6.20 Å². The van der Waals surface area contributed by atoms with Gasteiger partial charge in [0.25, 0.3) is 0 Å². The number of nitrogens with one attached hydrogen (secondary N) is 2. The highest BCUT2D eigenvalue weighted by molar-refractivity contribution is 5.95. The summed E-state index contributed by atoms with van der Waals surface area (Å²) in [6.45, 7) is 3.12. The molecule has 0 fully saturated rings. The fourth-order valence-corrected chi connectivity index (χ4v) is 3.99. The van der Waals surface area contributed by atoms with Gasteiger partial charge in [-0.15, -0.1) is 0 Å². The molecule has 0 saturated heterocycles. The Labute approximate surface area is 167 Å². The molecule has 3 aromatic rings. The summed E-state index contributed by atoms with van der Waals surface area (Å²) >= 11 is 0. The van der Waals surface area contributed by atoms with Gasteiger partial charge in [0, 0.05) is 34.3 Å². The Morgan fingerprint density at radius 3 is 2.97 bits per heavy atom. The molecule has 1 aromatic heterocycles. The molecule has 0 bridgehead atoms. The van der Waals surface area contributed by atoms with E-state index in [9.17, 15) is 13.6 Å². The van der Waals surface area contributed by atoms with E-state index in [0.29, 0.717) is 30.7 Å². The highest BCUT2D eigenvalue weighted by Crippen LogP contribution is 2.31. The zero-order valence-corrected chi connectivity index (χ0v) is 16.1. The van der Waals surface area contributed by atoms with Crippen LogP contribution in [0.15, 0.2) is 36.5 Å². The molecule has 1 amide bonds. The van der Waals surface area contributed by atoms with Crippen molar-refractivity contribution in [1.82, 2.24) is 10.3 Å². The van der Waals surface area contributed by atoms with E-state index in [2.05, 4.69) is 17.2 Å². The molecule has 1 aliphatic rings. The number of benzene rings is 2. The van der Waals surface area contributed by atoms with E-state index in [1.54, 1.807) is 12.1 Å². The van der Waals surface area contributed by atoms with Gasteiger partial charge in [-0.25, -0.2) is 8.78 Å². The van der Waals surface area contributed by atoms with E-state index >= 15 is 0 Å². The molecule has 0 spiro atoms. The predicted octanol–water partition coefficient (Wildman–Crippen LogP) is 3.63. The lowest BCUT2D eigenvalue weighted by atomic mass is 9.95. The van der Waals surface area contributed by atoms with Crippen LogP contribution in [0.5, 0.6) is 5.75 Å². The number of ether oxygens (including phenoxy) is 1. The molecule has 4 rings (SSSR count). The minimum Gasteiger partial charge on any atom is -0.489 e. The number of hydrogen-bond acceptors (Lipinski definition) is 3. The topological polar surface area (TPSA) is 80.1 Å². The van der Waals surface area contributed by atoms with Crippen LogP contribution in [0, 0.1) is 11.6 Å². The first-order valence-electron chi connectivity index (χ1n) is 9.68.